The third-order valence-electron chi connectivity index (χ3n) is 5.35. The third-order valence-corrected chi connectivity index (χ3v) is 5.35. The van der Waals surface area contributed by atoms with Gasteiger partial charge in [0.2, 0.25) is 0 Å². The van der Waals surface area contributed by atoms with Gasteiger partial charge in [0.15, 0.2) is 5.65 Å². The molecule has 0 radical (unpaired) electrons. The van der Waals surface area contributed by atoms with E-state index in [4.69, 9.17) is 0 Å². The van der Waals surface area contributed by atoms with Crippen LogP contribution in [0.15, 0.2) is 65.8 Å². The van der Waals surface area contributed by atoms with Crippen molar-refractivity contribution in [1.29, 1.82) is 0 Å². The minimum atomic E-state index is -0.153. The summed E-state index contributed by atoms with van der Waals surface area (Å²) >= 11 is 0. The summed E-state index contributed by atoms with van der Waals surface area (Å²) in [4.78, 5) is 31.7. The van der Waals surface area contributed by atoms with Gasteiger partial charge in [-0.2, -0.15) is 5.10 Å². The van der Waals surface area contributed by atoms with Gasteiger partial charge in [-0.25, -0.2) is 9.67 Å². The summed E-state index contributed by atoms with van der Waals surface area (Å²) in [6.07, 6.45) is 3.09. The largest absolute Gasteiger partial charge is 0.378 e. The van der Waals surface area contributed by atoms with Gasteiger partial charge in [-0.3, -0.25) is 14.2 Å². The van der Waals surface area contributed by atoms with Crippen LogP contribution in [0.25, 0.3) is 11.0 Å². The molecule has 8 nitrogen and oxygen atoms in total. The standard InChI is InChI=1S/C24H26N6O2/c1-17-4-6-18(7-5-17)15-29-16-26-22-21(24(29)32)14-27-30(22)13-12-25-23(31)19-8-10-20(11-9-19)28(2)3/h4-11,14,16H,12-13,15H2,1-3H3,(H,25,31). The highest BCUT2D eigenvalue weighted by atomic mass is 16.1. The number of fused-ring (bicyclic) bond motifs is 1. The molecule has 0 aliphatic heterocycles. The number of aryl methyl sites for hydroxylation is 1. The summed E-state index contributed by atoms with van der Waals surface area (Å²) in [7, 11) is 3.91. The number of hydrogen-bond acceptors (Lipinski definition) is 5. The van der Waals surface area contributed by atoms with Crippen molar-refractivity contribution in [3.63, 3.8) is 0 Å². The first kappa shape index (κ1) is 21.3. The van der Waals surface area contributed by atoms with Crippen LogP contribution in [0.1, 0.15) is 21.5 Å². The summed E-state index contributed by atoms with van der Waals surface area (Å²) in [6.45, 7) is 3.27. The van der Waals surface area contributed by atoms with Crippen LogP contribution in [0.5, 0.6) is 0 Å². The van der Waals surface area contributed by atoms with Crippen LogP contribution in [0.4, 0.5) is 5.69 Å². The number of carbonyl (C=O) groups is 1. The van der Waals surface area contributed by atoms with Crippen molar-refractivity contribution in [2.24, 2.45) is 0 Å². The van der Waals surface area contributed by atoms with Gasteiger partial charge in [0.05, 0.1) is 19.3 Å². The topological polar surface area (TPSA) is 85.1 Å². The maximum atomic E-state index is 12.9. The van der Waals surface area contributed by atoms with Gasteiger partial charge in [-0.1, -0.05) is 29.8 Å². The number of rotatable bonds is 7. The zero-order valence-corrected chi connectivity index (χ0v) is 18.4. The maximum Gasteiger partial charge on any atom is 0.264 e. The highest BCUT2D eigenvalue weighted by Crippen LogP contribution is 2.12. The Labute approximate surface area is 186 Å². The lowest BCUT2D eigenvalue weighted by Crippen LogP contribution is -2.28. The first-order valence-corrected chi connectivity index (χ1v) is 10.4. The van der Waals surface area contributed by atoms with Crippen molar-refractivity contribution in [1.82, 2.24) is 24.6 Å². The van der Waals surface area contributed by atoms with Gasteiger partial charge in [0.25, 0.3) is 11.5 Å². The van der Waals surface area contributed by atoms with E-state index in [1.807, 2.05) is 62.3 Å². The summed E-state index contributed by atoms with van der Waals surface area (Å²) < 4.78 is 3.22. The molecule has 164 valence electrons. The number of benzene rings is 2. The smallest absolute Gasteiger partial charge is 0.264 e. The van der Waals surface area contributed by atoms with E-state index in [0.29, 0.717) is 36.2 Å². The van der Waals surface area contributed by atoms with Gasteiger partial charge in [0.1, 0.15) is 11.7 Å². The predicted octanol–water partition coefficient (Wildman–Crippen LogP) is 2.45. The normalized spacial score (nSPS) is 11.0. The van der Waals surface area contributed by atoms with Gasteiger partial charge in [-0.15, -0.1) is 0 Å². The van der Waals surface area contributed by atoms with Crippen LogP contribution in [0.2, 0.25) is 0 Å². The molecule has 0 atom stereocenters. The monoisotopic (exact) mass is 430 g/mol. The van der Waals surface area contributed by atoms with E-state index in [1.165, 1.54) is 11.8 Å². The van der Waals surface area contributed by atoms with Gasteiger partial charge < -0.3 is 10.2 Å². The molecule has 0 spiro atoms. The van der Waals surface area contributed by atoms with E-state index in [1.54, 1.807) is 27.7 Å². The minimum Gasteiger partial charge on any atom is -0.378 e. The first-order chi connectivity index (χ1) is 15.4. The van der Waals surface area contributed by atoms with Crippen LogP contribution in [0, 0.1) is 6.92 Å². The quantitative estimate of drug-likeness (QED) is 0.487. The Morgan fingerprint density at radius 2 is 1.78 bits per heavy atom. The predicted molar refractivity (Wildman–Crippen MR) is 125 cm³/mol. The van der Waals surface area contributed by atoms with Crippen molar-refractivity contribution >= 4 is 22.6 Å². The Bertz CT molecular complexity index is 1290. The second-order valence-corrected chi connectivity index (χ2v) is 7.97. The maximum absolute atomic E-state index is 12.9. The Morgan fingerprint density at radius 1 is 1.06 bits per heavy atom. The van der Waals surface area contributed by atoms with Gasteiger partial charge in [0, 0.05) is 31.9 Å². The number of nitrogens with zero attached hydrogens (tertiary/aromatic N) is 5. The Hall–Kier alpha value is -3.94. The number of hydrogen-bond donors (Lipinski definition) is 1. The molecule has 4 rings (SSSR count). The van der Waals surface area contributed by atoms with Gasteiger partial charge >= 0.3 is 0 Å². The number of amides is 1. The van der Waals surface area contributed by atoms with Crippen LogP contribution < -0.4 is 15.8 Å². The number of aromatic nitrogens is 4. The van der Waals surface area contributed by atoms with Crippen molar-refractivity contribution in [3.05, 3.63) is 88.1 Å². The molecule has 0 unspecified atom stereocenters. The molecular weight excluding hydrogens is 404 g/mol. The molecule has 0 bridgehead atoms. The first-order valence-electron chi connectivity index (χ1n) is 10.4. The molecule has 0 aliphatic carbocycles. The SMILES string of the molecule is Cc1ccc(Cn2cnc3c(cnn3CCNC(=O)c3ccc(N(C)C)cc3)c2=O)cc1. The lowest BCUT2D eigenvalue weighted by Gasteiger charge is -2.12. The van der Waals surface area contributed by atoms with E-state index in [9.17, 15) is 9.59 Å². The zero-order chi connectivity index (χ0) is 22.7. The summed E-state index contributed by atoms with van der Waals surface area (Å²) in [5.41, 5.74) is 4.22. The molecule has 0 saturated heterocycles. The third kappa shape index (κ3) is 4.54. The average molecular weight is 431 g/mol. The van der Waals surface area contributed by atoms with E-state index in [2.05, 4.69) is 15.4 Å². The van der Waals surface area contributed by atoms with Crippen LogP contribution >= 0.6 is 0 Å². The van der Waals surface area contributed by atoms with Crippen LogP contribution in [-0.2, 0) is 13.1 Å². The molecule has 0 saturated carbocycles. The number of carbonyl (C=O) groups excluding carboxylic acids is 1. The summed E-state index contributed by atoms with van der Waals surface area (Å²) in [6, 6.07) is 15.5. The summed E-state index contributed by atoms with van der Waals surface area (Å²) in [5.74, 6) is -0.153. The number of anilines is 1. The fourth-order valence-corrected chi connectivity index (χ4v) is 3.45. The molecule has 2 aromatic heterocycles. The Balaban J connectivity index is 1.41. The number of nitrogens with one attached hydrogen (secondary N) is 1. The minimum absolute atomic E-state index is 0.133. The molecule has 2 heterocycles. The fraction of sp³-hybridized carbons (Fsp3) is 0.250. The van der Waals surface area contributed by atoms with E-state index in [0.717, 1.165) is 11.3 Å². The second kappa shape index (κ2) is 9.05. The molecule has 1 amide bonds. The summed E-state index contributed by atoms with van der Waals surface area (Å²) in [5, 5.41) is 7.65. The lowest BCUT2D eigenvalue weighted by molar-refractivity contribution is 0.0952. The average Bonchev–Trinajstić information content (AvgIpc) is 3.21. The molecule has 0 fully saturated rings. The molecule has 8 heteroatoms. The van der Waals surface area contributed by atoms with E-state index >= 15 is 0 Å². The Kier molecular flexibility index (Phi) is 6.02. The molecular formula is C24H26N6O2. The molecule has 4 aromatic rings. The van der Waals surface area contributed by atoms with Crippen molar-refractivity contribution in [2.75, 3.05) is 25.5 Å². The molecule has 1 N–H and O–H groups in total. The molecule has 32 heavy (non-hydrogen) atoms. The highest BCUT2D eigenvalue weighted by molar-refractivity contribution is 5.94. The van der Waals surface area contributed by atoms with Crippen molar-refractivity contribution in [3.8, 4) is 0 Å². The second-order valence-electron chi connectivity index (χ2n) is 7.97. The van der Waals surface area contributed by atoms with Crippen LogP contribution in [-0.4, -0.2) is 45.9 Å². The zero-order valence-electron chi connectivity index (χ0n) is 18.4. The fourth-order valence-electron chi connectivity index (χ4n) is 3.45. The highest BCUT2D eigenvalue weighted by Gasteiger charge is 2.11. The van der Waals surface area contributed by atoms with Crippen molar-refractivity contribution < 1.29 is 4.79 Å². The molecule has 0 aliphatic rings. The lowest BCUT2D eigenvalue weighted by atomic mass is 10.1. The van der Waals surface area contributed by atoms with E-state index < -0.39 is 0 Å². The Morgan fingerprint density at radius 3 is 2.47 bits per heavy atom. The van der Waals surface area contributed by atoms with Gasteiger partial charge in [-0.05, 0) is 36.8 Å². The molecule has 2 aromatic carbocycles. The van der Waals surface area contributed by atoms with Crippen LogP contribution in [0.3, 0.4) is 0 Å². The van der Waals surface area contributed by atoms with Crippen molar-refractivity contribution in [2.45, 2.75) is 20.0 Å². The van der Waals surface area contributed by atoms with E-state index in [-0.39, 0.29) is 11.5 Å².